The van der Waals surface area contributed by atoms with Gasteiger partial charge in [0.05, 0.1) is 28.6 Å². The zero-order valence-corrected chi connectivity index (χ0v) is 15.7. The van der Waals surface area contributed by atoms with E-state index in [4.69, 9.17) is 0 Å². The summed E-state index contributed by atoms with van der Waals surface area (Å²) in [5, 5.41) is 22.0. The Kier molecular flexibility index (Phi) is 4.92. The van der Waals surface area contributed by atoms with Crippen LogP contribution in [0.5, 0.6) is 0 Å². The van der Waals surface area contributed by atoms with Crippen molar-refractivity contribution in [2.75, 3.05) is 0 Å². The first-order chi connectivity index (χ1) is 13.7. The van der Waals surface area contributed by atoms with Crippen LogP contribution in [0.4, 0.5) is 13.2 Å². The van der Waals surface area contributed by atoms with E-state index in [-0.39, 0.29) is 12.1 Å². The molecule has 0 amide bonds. The van der Waals surface area contributed by atoms with Crippen molar-refractivity contribution >= 4 is 0 Å². The second kappa shape index (κ2) is 7.27. The van der Waals surface area contributed by atoms with E-state index in [9.17, 15) is 18.3 Å². The molecule has 0 radical (unpaired) electrons. The fourth-order valence-electron chi connectivity index (χ4n) is 3.95. The first-order valence-corrected chi connectivity index (χ1v) is 9.37. The lowest BCUT2D eigenvalue weighted by Crippen LogP contribution is -2.47. The zero-order valence-electron chi connectivity index (χ0n) is 15.7. The molecule has 1 aliphatic rings. The number of halogens is 3. The van der Waals surface area contributed by atoms with Gasteiger partial charge in [0.25, 0.3) is 0 Å². The first kappa shape index (κ1) is 19.6. The lowest BCUT2D eigenvalue weighted by atomic mass is 9.78. The van der Waals surface area contributed by atoms with Crippen molar-refractivity contribution in [2.24, 2.45) is 0 Å². The lowest BCUT2D eigenvalue weighted by Gasteiger charge is -2.41. The minimum absolute atomic E-state index is 0.0392. The number of aromatic nitrogens is 3. The third-order valence-electron chi connectivity index (χ3n) is 5.32. The summed E-state index contributed by atoms with van der Waals surface area (Å²) in [6, 6.07) is 11.9. The Hall–Kier alpha value is -2.71. The molecule has 8 heteroatoms. The van der Waals surface area contributed by atoms with Gasteiger partial charge in [-0.1, -0.05) is 18.2 Å². The number of hydrogen-bond donors (Lipinski definition) is 3. The molecule has 0 saturated carbocycles. The highest BCUT2D eigenvalue weighted by Crippen LogP contribution is 2.41. The van der Waals surface area contributed by atoms with E-state index >= 15 is 0 Å². The number of aromatic amines is 1. The minimum Gasteiger partial charge on any atom is -0.385 e. The van der Waals surface area contributed by atoms with E-state index in [2.05, 4.69) is 20.5 Å². The average molecular weight is 402 g/mol. The van der Waals surface area contributed by atoms with Crippen molar-refractivity contribution in [3.8, 4) is 11.4 Å². The summed E-state index contributed by atoms with van der Waals surface area (Å²) in [5.74, 6) is 0. The van der Waals surface area contributed by atoms with Gasteiger partial charge < -0.3 is 10.4 Å². The molecule has 4 rings (SSSR count). The number of piperidine rings is 1. The molecular weight excluding hydrogens is 381 g/mol. The molecule has 1 aromatic carbocycles. The number of rotatable bonds is 3. The van der Waals surface area contributed by atoms with Crippen molar-refractivity contribution in [3.05, 3.63) is 71.5 Å². The van der Waals surface area contributed by atoms with E-state index in [0.717, 1.165) is 23.5 Å². The summed E-state index contributed by atoms with van der Waals surface area (Å²) in [7, 11) is 0. The quantitative estimate of drug-likeness (QED) is 0.614. The summed E-state index contributed by atoms with van der Waals surface area (Å²) >= 11 is 0. The maximum Gasteiger partial charge on any atom is 0.416 e. The average Bonchev–Trinajstić information content (AvgIpc) is 3.18. The molecular formula is C21H21F3N4O. The third kappa shape index (κ3) is 4.04. The largest absolute Gasteiger partial charge is 0.416 e. The van der Waals surface area contributed by atoms with Crippen LogP contribution in [0.3, 0.4) is 0 Å². The summed E-state index contributed by atoms with van der Waals surface area (Å²) in [4.78, 5) is 4.28. The maximum absolute atomic E-state index is 12.9. The Balaban J connectivity index is 1.59. The highest BCUT2D eigenvalue weighted by Gasteiger charge is 2.40. The number of nitrogens with one attached hydrogen (secondary N) is 2. The Morgan fingerprint density at radius 3 is 2.48 bits per heavy atom. The van der Waals surface area contributed by atoms with Gasteiger partial charge in [-0.25, -0.2) is 0 Å². The Labute approximate surface area is 166 Å². The highest BCUT2D eigenvalue weighted by molar-refractivity contribution is 5.54. The molecule has 3 aromatic rings. The SMILES string of the molecule is C[C@H]1CC(O)(c2ccc(C(F)(F)F)cc2)C[C@@H](c2cc(-c3ccccn3)n[nH]2)N1. The van der Waals surface area contributed by atoms with E-state index in [0.29, 0.717) is 24.1 Å². The van der Waals surface area contributed by atoms with Gasteiger partial charge in [0.2, 0.25) is 0 Å². The van der Waals surface area contributed by atoms with Crippen LogP contribution in [-0.4, -0.2) is 26.3 Å². The Morgan fingerprint density at radius 2 is 1.83 bits per heavy atom. The molecule has 1 aliphatic heterocycles. The smallest absolute Gasteiger partial charge is 0.385 e. The predicted molar refractivity (Wildman–Crippen MR) is 102 cm³/mol. The van der Waals surface area contributed by atoms with Gasteiger partial charge >= 0.3 is 6.18 Å². The van der Waals surface area contributed by atoms with Gasteiger partial charge in [-0.05, 0) is 49.2 Å². The summed E-state index contributed by atoms with van der Waals surface area (Å²) in [6.07, 6.45) is -2.00. The fraction of sp³-hybridized carbons (Fsp3) is 0.333. The van der Waals surface area contributed by atoms with Crippen LogP contribution in [0.25, 0.3) is 11.4 Å². The van der Waals surface area contributed by atoms with Crippen LogP contribution < -0.4 is 5.32 Å². The number of nitrogens with zero attached hydrogens (tertiary/aromatic N) is 2. The second-order valence-electron chi connectivity index (χ2n) is 7.56. The van der Waals surface area contributed by atoms with Crippen molar-refractivity contribution < 1.29 is 18.3 Å². The van der Waals surface area contributed by atoms with Crippen LogP contribution in [0.15, 0.2) is 54.7 Å². The molecule has 2 aromatic heterocycles. The summed E-state index contributed by atoms with van der Waals surface area (Å²) < 4.78 is 38.6. The Bertz CT molecular complexity index is 972. The molecule has 3 heterocycles. The van der Waals surface area contributed by atoms with Crippen molar-refractivity contribution in [3.63, 3.8) is 0 Å². The van der Waals surface area contributed by atoms with Gasteiger partial charge in [-0.3, -0.25) is 10.1 Å². The summed E-state index contributed by atoms with van der Waals surface area (Å²) in [6.45, 7) is 1.94. The van der Waals surface area contributed by atoms with Gasteiger partial charge in [0, 0.05) is 18.7 Å². The molecule has 0 spiro atoms. The lowest BCUT2D eigenvalue weighted by molar-refractivity contribution is -0.137. The minimum atomic E-state index is -4.40. The highest BCUT2D eigenvalue weighted by atomic mass is 19.4. The number of alkyl halides is 3. The molecule has 1 unspecified atom stereocenters. The number of benzene rings is 1. The fourth-order valence-corrected chi connectivity index (χ4v) is 3.95. The third-order valence-corrected chi connectivity index (χ3v) is 5.32. The van der Waals surface area contributed by atoms with Crippen LogP contribution in [0, 0.1) is 0 Å². The molecule has 1 saturated heterocycles. The Morgan fingerprint density at radius 1 is 1.07 bits per heavy atom. The number of hydrogen-bond acceptors (Lipinski definition) is 4. The van der Waals surface area contributed by atoms with Gasteiger partial charge in [0.1, 0.15) is 5.69 Å². The van der Waals surface area contributed by atoms with Crippen LogP contribution in [0.2, 0.25) is 0 Å². The monoisotopic (exact) mass is 402 g/mol. The number of pyridine rings is 1. The summed E-state index contributed by atoms with van der Waals surface area (Å²) in [5.41, 5.74) is 0.735. The molecule has 152 valence electrons. The van der Waals surface area contributed by atoms with Gasteiger partial charge in [-0.2, -0.15) is 18.3 Å². The molecule has 5 nitrogen and oxygen atoms in total. The van der Waals surface area contributed by atoms with Crippen molar-refractivity contribution in [1.82, 2.24) is 20.5 Å². The molecule has 1 fully saturated rings. The molecule has 3 N–H and O–H groups in total. The van der Waals surface area contributed by atoms with E-state index in [1.54, 1.807) is 6.20 Å². The maximum atomic E-state index is 12.9. The molecule has 29 heavy (non-hydrogen) atoms. The number of aliphatic hydroxyl groups is 1. The van der Waals surface area contributed by atoms with Crippen LogP contribution in [-0.2, 0) is 11.8 Å². The van der Waals surface area contributed by atoms with E-state index in [1.165, 1.54) is 12.1 Å². The standard InChI is InChI=1S/C21H21F3N4O/c1-13-11-20(29,14-5-7-15(8-6-14)21(22,23)24)12-19(26-13)18-10-17(27-28-18)16-4-2-3-9-25-16/h2-10,13,19,26,29H,11-12H2,1H3,(H,27,28)/t13-,19-,20?/m0/s1. The normalized spacial score (nSPS) is 25.1. The molecule has 0 aliphatic carbocycles. The van der Waals surface area contributed by atoms with Crippen molar-refractivity contribution in [2.45, 2.75) is 43.6 Å². The molecule has 0 bridgehead atoms. The predicted octanol–water partition coefficient (Wildman–Crippen LogP) is 4.19. The van der Waals surface area contributed by atoms with E-state index < -0.39 is 17.3 Å². The number of H-pyrrole nitrogens is 1. The molecule has 3 atom stereocenters. The zero-order chi connectivity index (χ0) is 20.6. The van der Waals surface area contributed by atoms with Gasteiger partial charge in [0.15, 0.2) is 0 Å². The van der Waals surface area contributed by atoms with Crippen LogP contribution >= 0.6 is 0 Å². The van der Waals surface area contributed by atoms with Gasteiger partial charge in [-0.15, -0.1) is 0 Å². The first-order valence-electron chi connectivity index (χ1n) is 9.37. The van der Waals surface area contributed by atoms with Crippen LogP contribution in [0.1, 0.15) is 42.6 Å². The second-order valence-corrected chi connectivity index (χ2v) is 7.56. The van der Waals surface area contributed by atoms with E-state index in [1.807, 2.05) is 31.2 Å². The van der Waals surface area contributed by atoms with Crippen molar-refractivity contribution in [1.29, 1.82) is 0 Å². The topological polar surface area (TPSA) is 73.8 Å².